The summed E-state index contributed by atoms with van der Waals surface area (Å²) in [5.74, 6) is 0.648. The largest absolute Gasteiger partial charge is 0.484 e. The molecule has 138 valence electrons. The zero-order valence-electron chi connectivity index (χ0n) is 15.2. The number of aromatic nitrogens is 1. The molecule has 0 radical (unpaired) electrons. The van der Waals surface area contributed by atoms with E-state index in [0.29, 0.717) is 23.9 Å². The molecule has 4 rings (SSSR count). The van der Waals surface area contributed by atoms with Crippen LogP contribution in [0, 0.1) is 0 Å². The molecule has 0 N–H and O–H groups in total. The van der Waals surface area contributed by atoms with Gasteiger partial charge in [-0.25, -0.2) is 0 Å². The Morgan fingerprint density at radius 1 is 1.15 bits per heavy atom. The summed E-state index contributed by atoms with van der Waals surface area (Å²) in [4.78, 5) is 14.3. The van der Waals surface area contributed by atoms with E-state index in [1.165, 1.54) is 22.0 Å². The molecule has 0 saturated carbocycles. The van der Waals surface area contributed by atoms with Crippen LogP contribution in [-0.2, 0) is 11.8 Å². The van der Waals surface area contributed by atoms with Gasteiger partial charge in [0.05, 0.1) is 0 Å². The smallest absolute Gasteiger partial charge is 0.260 e. The number of hydrogen-bond donors (Lipinski definition) is 0. The van der Waals surface area contributed by atoms with E-state index in [1.807, 2.05) is 4.90 Å². The number of rotatable bonds is 4. The quantitative estimate of drug-likeness (QED) is 0.666. The van der Waals surface area contributed by atoms with E-state index in [9.17, 15) is 4.79 Å². The van der Waals surface area contributed by atoms with Crippen molar-refractivity contribution in [3.8, 4) is 5.75 Å². The van der Waals surface area contributed by atoms with Gasteiger partial charge in [0.2, 0.25) is 0 Å². The average molecular weight is 381 g/mol. The highest BCUT2D eigenvalue weighted by molar-refractivity contribution is 6.30. The SMILES string of the molecule is Cn1cc(C2=CCN(C(=O)COc3ccc(Cl)cc3)CC2)c2ccccc21. The van der Waals surface area contributed by atoms with Crippen LogP contribution in [0.15, 0.2) is 60.8 Å². The molecule has 1 aliphatic heterocycles. The van der Waals surface area contributed by atoms with E-state index < -0.39 is 0 Å². The molecule has 2 aromatic carbocycles. The molecular formula is C22H21ClN2O2. The van der Waals surface area contributed by atoms with E-state index in [0.717, 1.165) is 6.42 Å². The van der Waals surface area contributed by atoms with Gasteiger partial charge in [-0.3, -0.25) is 4.79 Å². The lowest BCUT2D eigenvalue weighted by molar-refractivity contribution is -0.132. The Balaban J connectivity index is 1.42. The maximum Gasteiger partial charge on any atom is 0.260 e. The van der Waals surface area contributed by atoms with Crippen molar-refractivity contribution >= 4 is 34.0 Å². The van der Waals surface area contributed by atoms with Gasteiger partial charge >= 0.3 is 0 Å². The first-order valence-corrected chi connectivity index (χ1v) is 9.39. The highest BCUT2D eigenvalue weighted by atomic mass is 35.5. The van der Waals surface area contributed by atoms with Crippen molar-refractivity contribution < 1.29 is 9.53 Å². The zero-order valence-corrected chi connectivity index (χ0v) is 15.9. The molecule has 0 saturated heterocycles. The summed E-state index contributed by atoms with van der Waals surface area (Å²) < 4.78 is 7.73. The van der Waals surface area contributed by atoms with E-state index in [1.54, 1.807) is 24.3 Å². The minimum Gasteiger partial charge on any atom is -0.484 e. The van der Waals surface area contributed by atoms with Gasteiger partial charge in [0.1, 0.15) is 5.75 Å². The second-order valence-electron chi connectivity index (χ2n) is 6.73. The van der Waals surface area contributed by atoms with Crippen molar-refractivity contribution in [3.05, 3.63) is 71.4 Å². The number of fused-ring (bicyclic) bond motifs is 1. The van der Waals surface area contributed by atoms with Gasteiger partial charge in [-0.2, -0.15) is 0 Å². The van der Waals surface area contributed by atoms with Crippen LogP contribution in [0.4, 0.5) is 0 Å². The molecule has 5 heteroatoms. The van der Waals surface area contributed by atoms with E-state index >= 15 is 0 Å². The molecule has 1 amide bonds. The molecule has 0 aliphatic carbocycles. The van der Waals surface area contributed by atoms with Crippen LogP contribution in [0.1, 0.15) is 12.0 Å². The van der Waals surface area contributed by atoms with Crippen molar-refractivity contribution in [1.82, 2.24) is 9.47 Å². The molecule has 4 nitrogen and oxygen atoms in total. The van der Waals surface area contributed by atoms with Gasteiger partial charge in [-0.05, 0) is 42.3 Å². The molecule has 0 fully saturated rings. The van der Waals surface area contributed by atoms with E-state index in [4.69, 9.17) is 16.3 Å². The lowest BCUT2D eigenvalue weighted by atomic mass is 9.99. The number of carbonyl (C=O) groups is 1. The molecule has 0 spiro atoms. The second-order valence-corrected chi connectivity index (χ2v) is 7.17. The number of ether oxygens (including phenoxy) is 1. The lowest BCUT2D eigenvalue weighted by Gasteiger charge is -2.26. The third-order valence-electron chi connectivity index (χ3n) is 4.98. The van der Waals surface area contributed by atoms with Crippen LogP contribution in [-0.4, -0.2) is 35.1 Å². The van der Waals surface area contributed by atoms with Crippen LogP contribution in [0.2, 0.25) is 5.02 Å². The highest BCUT2D eigenvalue weighted by Gasteiger charge is 2.20. The van der Waals surface area contributed by atoms with Crippen LogP contribution < -0.4 is 4.74 Å². The first-order valence-electron chi connectivity index (χ1n) is 9.01. The van der Waals surface area contributed by atoms with Gasteiger partial charge in [0.25, 0.3) is 5.91 Å². The fourth-order valence-corrected chi connectivity index (χ4v) is 3.63. The average Bonchev–Trinajstić information content (AvgIpc) is 3.04. The van der Waals surface area contributed by atoms with Crippen molar-refractivity contribution in [2.24, 2.45) is 7.05 Å². The van der Waals surface area contributed by atoms with Gasteiger partial charge in [0.15, 0.2) is 6.61 Å². The highest BCUT2D eigenvalue weighted by Crippen LogP contribution is 2.30. The summed E-state index contributed by atoms with van der Waals surface area (Å²) in [5.41, 5.74) is 3.79. The molecule has 0 bridgehead atoms. The van der Waals surface area contributed by atoms with Crippen LogP contribution in [0.5, 0.6) is 5.75 Å². The number of nitrogens with zero attached hydrogens (tertiary/aromatic N) is 2. The molecular weight excluding hydrogens is 360 g/mol. The fourth-order valence-electron chi connectivity index (χ4n) is 3.51. The van der Waals surface area contributed by atoms with Gasteiger partial charge in [-0.1, -0.05) is 35.9 Å². The Morgan fingerprint density at radius 2 is 1.93 bits per heavy atom. The van der Waals surface area contributed by atoms with E-state index in [2.05, 4.69) is 48.2 Å². The first-order chi connectivity index (χ1) is 13.1. The maximum absolute atomic E-state index is 12.4. The molecule has 1 aliphatic rings. The Kier molecular flexibility index (Phi) is 4.90. The number of para-hydroxylation sites is 1. The Hall–Kier alpha value is -2.72. The zero-order chi connectivity index (χ0) is 18.8. The van der Waals surface area contributed by atoms with E-state index in [-0.39, 0.29) is 12.5 Å². The van der Waals surface area contributed by atoms with Gasteiger partial charge < -0.3 is 14.2 Å². The van der Waals surface area contributed by atoms with Gasteiger partial charge in [-0.15, -0.1) is 0 Å². The Labute approximate surface area is 163 Å². The normalized spacial score (nSPS) is 14.3. The standard InChI is InChI=1S/C22H21ClN2O2/c1-24-14-20(19-4-2-3-5-21(19)24)16-10-12-25(13-11-16)22(26)15-27-18-8-6-17(23)7-9-18/h2-10,14H,11-13,15H2,1H3. The van der Waals surface area contributed by atoms with Crippen LogP contribution >= 0.6 is 11.6 Å². The molecule has 2 heterocycles. The van der Waals surface area contributed by atoms with Crippen LogP contribution in [0.3, 0.4) is 0 Å². The third kappa shape index (κ3) is 3.71. The Morgan fingerprint density at radius 3 is 2.67 bits per heavy atom. The number of amides is 1. The number of halogens is 1. The number of aryl methyl sites for hydroxylation is 1. The molecule has 3 aromatic rings. The fraction of sp³-hybridized carbons (Fsp3) is 0.227. The van der Waals surface area contributed by atoms with Crippen LogP contribution in [0.25, 0.3) is 16.5 Å². The summed E-state index contributed by atoms with van der Waals surface area (Å²) in [6.07, 6.45) is 5.18. The number of benzene rings is 2. The minimum atomic E-state index is -0.00169. The minimum absolute atomic E-state index is 0.00169. The topological polar surface area (TPSA) is 34.5 Å². The number of carbonyl (C=O) groups excluding carboxylic acids is 1. The third-order valence-corrected chi connectivity index (χ3v) is 5.23. The van der Waals surface area contributed by atoms with Gasteiger partial charge in [0, 0.05) is 47.8 Å². The van der Waals surface area contributed by atoms with Crippen molar-refractivity contribution in [2.45, 2.75) is 6.42 Å². The summed E-state index contributed by atoms with van der Waals surface area (Å²) in [5, 5.41) is 1.91. The van der Waals surface area contributed by atoms with Crippen molar-refractivity contribution in [2.75, 3.05) is 19.7 Å². The monoisotopic (exact) mass is 380 g/mol. The maximum atomic E-state index is 12.4. The summed E-state index contributed by atoms with van der Waals surface area (Å²) >= 11 is 5.86. The first kappa shape index (κ1) is 17.7. The van der Waals surface area contributed by atoms with Crippen molar-refractivity contribution in [1.29, 1.82) is 0 Å². The Bertz CT molecular complexity index is 1000. The summed E-state index contributed by atoms with van der Waals surface area (Å²) in [7, 11) is 2.07. The summed E-state index contributed by atoms with van der Waals surface area (Å²) in [6, 6.07) is 15.5. The summed E-state index contributed by atoms with van der Waals surface area (Å²) in [6.45, 7) is 1.36. The molecule has 1 aromatic heterocycles. The molecule has 27 heavy (non-hydrogen) atoms. The lowest BCUT2D eigenvalue weighted by Crippen LogP contribution is -2.37. The predicted molar refractivity (Wildman–Crippen MR) is 109 cm³/mol. The van der Waals surface area contributed by atoms with Crippen molar-refractivity contribution in [3.63, 3.8) is 0 Å². The predicted octanol–water partition coefficient (Wildman–Crippen LogP) is 4.53. The number of hydrogen-bond acceptors (Lipinski definition) is 2. The second kappa shape index (κ2) is 7.49. The molecule has 0 atom stereocenters. The molecule has 0 unspecified atom stereocenters.